The minimum absolute atomic E-state index is 0.363. The van der Waals surface area contributed by atoms with E-state index in [2.05, 4.69) is 17.1 Å². The predicted octanol–water partition coefficient (Wildman–Crippen LogP) is 2.02. The van der Waals surface area contributed by atoms with Crippen molar-refractivity contribution in [3.05, 3.63) is 0 Å². The van der Waals surface area contributed by atoms with Gasteiger partial charge in [-0.25, -0.2) is 0 Å². The molecule has 0 bridgehead atoms. The molecule has 0 aromatic heterocycles. The van der Waals surface area contributed by atoms with Gasteiger partial charge in [-0.3, -0.25) is 4.79 Å². The zero-order chi connectivity index (χ0) is 12.5. The number of nitrogens with zero attached hydrogens (tertiary/aromatic N) is 1. The molecule has 0 radical (unpaired) electrons. The fourth-order valence-corrected chi connectivity index (χ4v) is 3.96. The summed E-state index contributed by atoms with van der Waals surface area (Å²) < 4.78 is 0. The Morgan fingerprint density at radius 1 is 1.28 bits per heavy atom. The lowest BCUT2D eigenvalue weighted by Gasteiger charge is -2.36. The Bertz CT molecular complexity index is 302. The van der Waals surface area contributed by atoms with Crippen LogP contribution in [0.15, 0.2) is 0 Å². The molecule has 3 heteroatoms. The second-order valence-electron chi connectivity index (χ2n) is 6.46. The molecule has 1 heterocycles. The molecule has 0 spiro atoms. The van der Waals surface area contributed by atoms with E-state index < -0.39 is 0 Å². The number of carbonyl (C=O) groups excluding carboxylic acids is 1. The molecule has 3 atom stereocenters. The molecule has 1 amide bonds. The maximum absolute atomic E-state index is 12.7. The van der Waals surface area contributed by atoms with Crippen LogP contribution >= 0.6 is 0 Å². The van der Waals surface area contributed by atoms with Gasteiger partial charge in [0.2, 0.25) is 5.91 Å². The third-order valence-corrected chi connectivity index (χ3v) is 5.05. The highest BCUT2D eigenvalue weighted by atomic mass is 16.2. The first-order valence-corrected chi connectivity index (χ1v) is 7.80. The molecule has 2 aliphatic carbocycles. The summed E-state index contributed by atoms with van der Waals surface area (Å²) in [6, 6.07) is 0.461. The van der Waals surface area contributed by atoms with Crippen molar-refractivity contribution in [1.29, 1.82) is 0 Å². The van der Waals surface area contributed by atoms with Crippen molar-refractivity contribution in [2.24, 2.45) is 17.8 Å². The molecule has 0 aromatic carbocycles. The normalized spacial score (nSPS) is 38.3. The highest BCUT2D eigenvalue weighted by Gasteiger charge is 2.49. The molecule has 2 saturated carbocycles. The van der Waals surface area contributed by atoms with E-state index in [4.69, 9.17) is 0 Å². The molecule has 3 unspecified atom stereocenters. The third-order valence-electron chi connectivity index (χ3n) is 5.05. The average Bonchev–Trinajstić information content (AvgIpc) is 3.03. The van der Waals surface area contributed by atoms with Crippen LogP contribution in [-0.2, 0) is 4.79 Å². The van der Waals surface area contributed by atoms with Crippen LogP contribution < -0.4 is 5.32 Å². The van der Waals surface area contributed by atoms with Crippen LogP contribution in [0.25, 0.3) is 0 Å². The van der Waals surface area contributed by atoms with Gasteiger partial charge in [-0.2, -0.15) is 0 Å². The lowest BCUT2D eigenvalue weighted by Crippen LogP contribution is -2.50. The van der Waals surface area contributed by atoms with Gasteiger partial charge in [0.15, 0.2) is 0 Å². The van der Waals surface area contributed by atoms with Crippen LogP contribution in [0.4, 0.5) is 0 Å². The predicted molar refractivity (Wildman–Crippen MR) is 72.2 cm³/mol. The van der Waals surface area contributed by atoms with Gasteiger partial charge in [-0.1, -0.05) is 6.92 Å². The van der Waals surface area contributed by atoms with Gasteiger partial charge in [0.05, 0.1) is 0 Å². The van der Waals surface area contributed by atoms with Crippen molar-refractivity contribution in [1.82, 2.24) is 10.2 Å². The lowest BCUT2D eigenvalue weighted by atomic mass is 9.98. The molecule has 3 rings (SSSR count). The van der Waals surface area contributed by atoms with Crippen LogP contribution in [0.3, 0.4) is 0 Å². The van der Waals surface area contributed by atoms with Gasteiger partial charge in [-0.05, 0) is 56.9 Å². The van der Waals surface area contributed by atoms with Crippen LogP contribution in [0.2, 0.25) is 0 Å². The average molecular weight is 250 g/mol. The molecular formula is C15H26N2O. The number of hydrogen-bond acceptors (Lipinski definition) is 2. The Morgan fingerprint density at radius 2 is 2.06 bits per heavy atom. The van der Waals surface area contributed by atoms with E-state index in [-0.39, 0.29) is 0 Å². The van der Waals surface area contributed by atoms with Gasteiger partial charge >= 0.3 is 0 Å². The standard InChI is InChI=1S/C15H26N2O/c1-2-6-17(14-4-3-5-16-10-14)15(18)13-8-11-7-12(11)9-13/h11-14,16H,2-10H2,1H3. The van der Waals surface area contributed by atoms with E-state index in [0.29, 0.717) is 17.9 Å². The fraction of sp³-hybridized carbons (Fsp3) is 0.933. The van der Waals surface area contributed by atoms with Gasteiger partial charge in [0.25, 0.3) is 0 Å². The van der Waals surface area contributed by atoms with Crippen molar-refractivity contribution >= 4 is 5.91 Å². The van der Waals surface area contributed by atoms with Crippen molar-refractivity contribution in [3.63, 3.8) is 0 Å². The first-order chi connectivity index (χ1) is 8.79. The molecule has 1 aliphatic heterocycles. The molecule has 102 valence electrons. The van der Waals surface area contributed by atoms with Gasteiger partial charge in [0.1, 0.15) is 0 Å². The minimum atomic E-state index is 0.363. The first kappa shape index (κ1) is 12.5. The second kappa shape index (κ2) is 5.20. The summed E-state index contributed by atoms with van der Waals surface area (Å²) >= 11 is 0. The molecule has 1 saturated heterocycles. The maximum Gasteiger partial charge on any atom is 0.225 e. The molecular weight excluding hydrogens is 224 g/mol. The smallest absolute Gasteiger partial charge is 0.225 e. The molecule has 3 aliphatic rings. The van der Waals surface area contributed by atoms with Crippen molar-refractivity contribution < 1.29 is 4.79 Å². The number of amides is 1. The fourth-order valence-electron chi connectivity index (χ4n) is 3.96. The summed E-state index contributed by atoms with van der Waals surface area (Å²) in [5, 5.41) is 3.44. The first-order valence-electron chi connectivity index (χ1n) is 7.80. The monoisotopic (exact) mass is 250 g/mol. The second-order valence-corrected chi connectivity index (χ2v) is 6.46. The summed E-state index contributed by atoms with van der Waals surface area (Å²) in [7, 11) is 0. The van der Waals surface area contributed by atoms with Crippen molar-refractivity contribution in [2.75, 3.05) is 19.6 Å². The number of fused-ring (bicyclic) bond motifs is 1. The Morgan fingerprint density at radius 3 is 2.67 bits per heavy atom. The Labute approximate surface area is 110 Å². The summed E-state index contributed by atoms with van der Waals surface area (Å²) in [6.45, 7) is 5.27. The molecule has 3 nitrogen and oxygen atoms in total. The largest absolute Gasteiger partial charge is 0.338 e. The number of rotatable bonds is 4. The zero-order valence-electron chi connectivity index (χ0n) is 11.5. The van der Waals surface area contributed by atoms with Crippen molar-refractivity contribution in [2.45, 2.75) is 51.5 Å². The summed E-state index contributed by atoms with van der Waals surface area (Å²) in [5.41, 5.74) is 0. The highest BCUT2D eigenvalue weighted by molar-refractivity contribution is 5.79. The molecule has 0 aromatic rings. The molecule has 18 heavy (non-hydrogen) atoms. The van der Waals surface area contributed by atoms with Gasteiger partial charge in [-0.15, -0.1) is 0 Å². The summed E-state index contributed by atoms with van der Waals surface area (Å²) in [4.78, 5) is 14.9. The highest BCUT2D eigenvalue weighted by Crippen LogP contribution is 2.54. The van der Waals surface area contributed by atoms with Gasteiger partial charge < -0.3 is 10.2 Å². The summed E-state index contributed by atoms with van der Waals surface area (Å²) in [5.74, 6) is 2.65. The summed E-state index contributed by atoms with van der Waals surface area (Å²) in [6.07, 6.45) is 7.27. The van der Waals surface area contributed by atoms with E-state index in [1.54, 1.807) is 0 Å². The molecule has 1 N–H and O–H groups in total. The van der Waals surface area contributed by atoms with Crippen molar-refractivity contribution in [3.8, 4) is 0 Å². The minimum Gasteiger partial charge on any atom is -0.338 e. The SMILES string of the molecule is CCCN(C(=O)C1CC2CC2C1)C1CCCNC1. The Balaban J connectivity index is 1.62. The van der Waals surface area contributed by atoms with Crippen LogP contribution in [0.5, 0.6) is 0 Å². The van der Waals surface area contributed by atoms with E-state index in [1.807, 2.05) is 0 Å². The topological polar surface area (TPSA) is 32.3 Å². The maximum atomic E-state index is 12.7. The van der Waals surface area contributed by atoms with Crippen LogP contribution in [-0.4, -0.2) is 36.5 Å². The van der Waals surface area contributed by atoms with Crippen LogP contribution in [0, 0.1) is 17.8 Å². The van der Waals surface area contributed by atoms with E-state index in [1.165, 1.54) is 32.1 Å². The van der Waals surface area contributed by atoms with E-state index in [9.17, 15) is 4.79 Å². The van der Waals surface area contributed by atoms with E-state index in [0.717, 1.165) is 37.9 Å². The number of piperidine rings is 1. The number of nitrogens with one attached hydrogen (secondary N) is 1. The van der Waals surface area contributed by atoms with Gasteiger partial charge in [0, 0.05) is 25.0 Å². The van der Waals surface area contributed by atoms with Crippen LogP contribution in [0.1, 0.15) is 45.4 Å². The Hall–Kier alpha value is -0.570. The zero-order valence-corrected chi connectivity index (χ0v) is 11.5. The quantitative estimate of drug-likeness (QED) is 0.828. The third kappa shape index (κ3) is 2.42. The molecule has 3 fully saturated rings. The van der Waals surface area contributed by atoms with E-state index >= 15 is 0 Å². The number of carbonyl (C=O) groups is 1. The number of hydrogen-bond donors (Lipinski definition) is 1. The lowest BCUT2D eigenvalue weighted by molar-refractivity contribution is -0.138. The Kier molecular flexibility index (Phi) is 3.60.